The summed E-state index contributed by atoms with van der Waals surface area (Å²) in [5.41, 5.74) is 0.296. The first kappa shape index (κ1) is 12.0. The molecule has 1 aliphatic rings. The summed E-state index contributed by atoms with van der Waals surface area (Å²) in [7, 11) is 0. The molecule has 1 N–H and O–H groups in total. The van der Waals surface area contributed by atoms with Crippen LogP contribution in [0.25, 0.3) is 0 Å². The molecule has 0 atom stereocenters. The monoisotopic (exact) mass is 201 g/mol. The molecule has 0 bridgehead atoms. The third-order valence-corrected chi connectivity index (χ3v) is 2.82. The number of rotatable bonds is 6. The minimum atomic E-state index is 0.296. The van der Waals surface area contributed by atoms with Crippen LogP contribution in [0.3, 0.4) is 0 Å². The Labute approximate surface area is 87.2 Å². The van der Waals surface area contributed by atoms with Gasteiger partial charge < -0.3 is 14.8 Å². The second-order valence-corrected chi connectivity index (χ2v) is 4.15. The van der Waals surface area contributed by atoms with Crippen molar-refractivity contribution in [3.05, 3.63) is 0 Å². The molecule has 0 unspecified atom stereocenters. The highest BCUT2D eigenvalue weighted by atomic mass is 16.5. The van der Waals surface area contributed by atoms with Crippen LogP contribution in [-0.4, -0.2) is 38.5 Å². The van der Waals surface area contributed by atoms with Gasteiger partial charge in [0, 0.05) is 32.0 Å². The summed E-state index contributed by atoms with van der Waals surface area (Å²) in [4.78, 5) is 0. The van der Waals surface area contributed by atoms with Crippen molar-refractivity contribution in [2.24, 2.45) is 0 Å². The van der Waals surface area contributed by atoms with Crippen LogP contribution in [-0.2, 0) is 9.47 Å². The molecule has 0 amide bonds. The van der Waals surface area contributed by atoms with Gasteiger partial charge >= 0.3 is 0 Å². The summed E-state index contributed by atoms with van der Waals surface area (Å²) in [6.07, 6.45) is 3.35. The standard InChI is InChI=1S/C11H23NO2/c1-3-13-8-4-7-12-11(2)5-9-14-10-6-11/h12H,3-10H2,1-2H3. The van der Waals surface area contributed by atoms with E-state index in [0.717, 1.165) is 52.2 Å². The molecule has 0 aromatic heterocycles. The second kappa shape index (κ2) is 6.38. The van der Waals surface area contributed by atoms with Crippen molar-refractivity contribution in [2.45, 2.75) is 38.6 Å². The minimum absolute atomic E-state index is 0.296. The van der Waals surface area contributed by atoms with Gasteiger partial charge in [-0.2, -0.15) is 0 Å². The van der Waals surface area contributed by atoms with Gasteiger partial charge in [0.15, 0.2) is 0 Å². The van der Waals surface area contributed by atoms with E-state index in [4.69, 9.17) is 9.47 Å². The van der Waals surface area contributed by atoms with Crippen molar-refractivity contribution >= 4 is 0 Å². The van der Waals surface area contributed by atoms with Crippen molar-refractivity contribution in [1.29, 1.82) is 0 Å². The van der Waals surface area contributed by atoms with Gasteiger partial charge in [-0.3, -0.25) is 0 Å². The molecule has 0 radical (unpaired) electrons. The van der Waals surface area contributed by atoms with Crippen molar-refractivity contribution in [3.8, 4) is 0 Å². The molecule has 3 heteroatoms. The maximum Gasteiger partial charge on any atom is 0.0483 e. The van der Waals surface area contributed by atoms with Crippen LogP contribution < -0.4 is 5.32 Å². The molecule has 0 aliphatic carbocycles. The summed E-state index contributed by atoms with van der Waals surface area (Å²) >= 11 is 0. The lowest BCUT2D eigenvalue weighted by Crippen LogP contribution is -2.47. The van der Waals surface area contributed by atoms with Crippen LogP contribution in [0, 0.1) is 0 Å². The van der Waals surface area contributed by atoms with Crippen LogP contribution in [0.1, 0.15) is 33.1 Å². The molecule has 3 nitrogen and oxygen atoms in total. The Morgan fingerprint density at radius 3 is 2.71 bits per heavy atom. The van der Waals surface area contributed by atoms with Gasteiger partial charge in [-0.25, -0.2) is 0 Å². The molecule has 84 valence electrons. The first-order valence-corrected chi connectivity index (χ1v) is 5.67. The highest BCUT2D eigenvalue weighted by molar-refractivity contribution is 4.84. The molecule has 1 heterocycles. The fourth-order valence-corrected chi connectivity index (χ4v) is 1.71. The third-order valence-electron chi connectivity index (χ3n) is 2.82. The van der Waals surface area contributed by atoms with Crippen LogP contribution in [0.4, 0.5) is 0 Å². The first-order valence-electron chi connectivity index (χ1n) is 5.67. The quantitative estimate of drug-likeness (QED) is 0.662. The molecule has 0 aromatic rings. The summed E-state index contributed by atoms with van der Waals surface area (Å²) in [6, 6.07) is 0. The predicted molar refractivity (Wildman–Crippen MR) is 57.6 cm³/mol. The van der Waals surface area contributed by atoms with Gasteiger partial charge in [-0.1, -0.05) is 0 Å². The molecular formula is C11H23NO2. The van der Waals surface area contributed by atoms with E-state index in [1.54, 1.807) is 0 Å². The van der Waals surface area contributed by atoms with Crippen LogP contribution >= 0.6 is 0 Å². The van der Waals surface area contributed by atoms with E-state index >= 15 is 0 Å². The molecule has 0 saturated carbocycles. The first-order chi connectivity index (χ1) is 6.77. The summed E-state index contributed by atoms with van der Waals surface area (Å²) in [5.74, 6) is 0. The molecule has 1 fully saturated rings. The normalized spacial score (nSPS) is 21.0. The molecule has 1 rings (SSSR count). The van der Waals surface area contributed by atoms with Gasteiger partial charge in [0.25, 0.3) is 0 Å². The van der Waals surface area contributed by atoms with Crippen LogP contribution in [0.15, 0.2) is 0 Å². The number of ether oxygens (including phenoxy) is 2. The smallest absolute Gasteiger partial charge is 0.0483 e. The Kier molecular flexibility index (Phi) is 5.45. The zero-order chi connectivity index (χ0) is 10.3. The zero-order valence-corrected chi connectivity index (χ0v) is 9.47. The Morgan fingerprint density at radius 2 is 2.07 bits per heavy atom. The van der Waals surface area contributed by atoms with Gasteiger partial charge in [0.1, 0.15) is 0 Å². The van der Waals surface area contributed by atoms with Crippen LogP contribution in [0.2, 0.25) is 0 Å². The molecule has 1 saturated heterocycles. The topological polar surface area (TPSA) is 30.5 Å². The van der Waals surface area contributed by atoms with E-state index in [9.17, 15) is 0 Å². The third kappa shape index (κ3) is 4.40. The van der Waals surface area contributed by atoms with E-state index in [1.807, 2.05) is 6.92 Å². The van der Waals surface area contributed by atoms with Crippen molar-refractivity contribution in [3.63, 3.8) is 0 Å². The average molecular weight is 201 g/mol. The number of hydrogen-bond acceptors (Lipinski definition) is 3. The minimum Gasteiger partial charge on any atom is -0.382 e. The summed E-state index contributed by atoms with van der Waals surface area (Å²) in [5, 5.41) is 3.60. The lowest BCUT2D eigenvalue weighted by atomic mass is 9.92. The Bertz CT molecular complexity index is 144. The van der Waals surface area contributed by atoms with Crippen molar-refractivity contribution < 1.29 is 9.47 Å². The molecule has 0 spiro atoms. The number of nitrogens with one attached hydrogen (secondary N) is 1. The van der Waals surface area contributed by atoms with E-state index < -0.39 is 0 Å². The highest BCUT2D eigenvalue weighted by Crippen LogP contribution is 2.19. The van der Waals surface area contributed by atoms with Gasteiger partial charge in [-0.15, -0.1) is 0 Å². The second-order valence-electron chi connectivity index (χ2n) is 4.15. The maximum absolute atomic E-state index is 5.35. The van der Waals surface area contributed by atoms with E-state index in [0.29, 0.717) is 5.54 Å². The van der Waals surface area contributed by atoms with Crippen LogP contribution in [0.5, 0.6) is 0 Å². The Hall–Kier alpha value is -0.120. The fraction of sp³-hybridized carbons (Fsp3) is 1.00. The van der Waals surface area contributed by atoms with E-state index in [-0.39, 0.29) is 0 Å². The van der Waals surface area contributed by atoms with Crippen molar-refractivity contribution in [1.82, 2.24) is 5.32 Å². The summed E-state index contributed by atoms with van der Waals surface area (Å²) < 4.78 is 10.6. The fourth-order valence-electron chi connectivity index (χ4n) is 1.71. The summed E-state index contributed by atoms with van der Waals surface area (Å²) in [6.45, 7) is 8.87. The molecular weight excluding hydrogens is 178 g/mol. The van der Waals surface area contributed by atoms with Gasteiger partial charge in [0.2, 0.25) is 0 Å². The SMILES string of the molecule is CCOCCCNC1(C)CCOCC1. The Balaban J connectivity index is 2.03. The molecule has 14 heavy (non-hydrogen) atoms. The Morgan fingerprint density at radius 1 is 1.36 bits per heavy atom. The maximum atomic E-state index is 5.35. The molecule has 1 aliphatic heterocycles. The molecule has 0 aromatic carbocycles. The zero-order valence-electron chi connectivity index (χ0n) is 9.47. The number of hydrogen-bond donors (Lipinski definition) is 1. The van der Waals surface area contributed by atoms with E-state index in [2.05, 4.69) is 12.2 Å². The lowest BCUT2D eigenvalue weighted by Gasteiger charge is -2.34. The van der Waals surface area contributed by atoms with Gasteiger partial charge in [-0.05, 0) is 39.7 Å². The highest BCUT2D eigenvalue weighted by Gasteiger charge is 2.25. The van der Waals surface area contributed by atoms with Gasteiger partial charge in [0.05, 0.1) is 0 Å². The van der Waals surface area contributed by atoms with Crippen molar-refractivity contribution in [2.75, 3.05) is 33.0 Å². The largest absolute Gasteiger partial charge is 0.382 e. The predicted octanol–water partition coefficient (Wildman–Crippen LogP) is 1.57. The average Bonchev–Trinajstić information content (AvgIpc) is 2.18. The lowest BCUT2D eigenvalue weighted by molar-refractivity contribution is 0.0441. The van der Waals surface area contributed by atoms with E-state index in [1.165, 1.54) is 0 Å².